The van der Waals surface area contributed by atoms with Crippen molar-refractivity contribution in [2.75, 3.05) is 23.4 Å². The number of likely N-dealkylation sites (tertiary alicyclic amines) is 1. The summed E-state index contributed by atoms with van der Waals surface area (Å²) in [4.78, 5) is 59.2. The number of rotatable bonds is 10. The van der Waals surface area contributed by atoms with Gasteiger partial charge in [-0.05, 0) is 121 Å². The van der Waals surface area contributed by atoms with Crippen LogP contribution in [0.15, 0.2) is 36.5 Å². The molecule has 16 heteroatoms. The van der Waals surface area contributed by atoms with E-state index in [0.717, 1.165) is 67.7 Å². The molecule has 1 aromatic heterocycles. The molecule has 0 radical (unpaired) electrons. The Morgan fingerprint density at radius 1 is 1.07 bits per heavy atom. The van der Waals surface area contributed by atoms with Gasteiger partial charge in [-0.25, -0.2) is 4.98 Å². The number of aromatic nitrogens is 1. The second-order valence-corrected chi connectivity index (χ2v) is 16.4. The standard InChI is InChI=1S/C40H48F3N7O5S/c1-23-17-30(18-24(2)48(23)22-35(52)46-27-9-7-26(8-10-27)31-13-14-34(51)47-36(31)53)55-16-15-25-5-11-28(12-6-25)50-38(56)49(37(54)39(50,3)4)29-19-32(40(41,42)43)33(20-44)45-21-29/h7-10,19,21,23-25,28,30-31H,5-6,11-18,22H2,1-4H3,(H,46,52)(H,47,51,53). The smallest absolute Gasteiger partial charge is 0.378 e. The molecule has 12 nitrogen and oxygen atoms in total. The second-order valence-electron chi connectivity index (χ2n) is 16.0. The van der Waals surface area contributed by atoms with E-state index in [0.29, 0.717) is 31.1 Å². The average Bonchev–Trinajstić information content (AvgIpc) is 3.32. The van der Waals surface area contributed by atoms with Crippen molar-refractivity contribution in [2.24, 2.45) is 5.92 Å². The number of alkyl halides is 3. The highest BCUT2D eigenvalue weighted by Crippen LogP contribution is 2.41. The number of anilines is 2. The predicted octanol–water partition coefficient (Wildman–Crippen LogP) is 6.05. The molecule has 2 aromatic rings. The molecule has 6 rings (SSSR count). The van der Waals surface area contributed by atoms with Gasteiger partial charge in [-0.15, -0.1) is 0 Å². The molecular weight excluding hydrogens is 748 g/mol. The molecule has 3 saturated heterocycles. The molecule has 1 aliphatic carbocycles. The minimum absolute atomic E-state index is 0.0579. The average molecular weight is 796 g/mol. The van der Waals surface area contributed by atoms with E-state index in [1.165, 1.54) is 6.07 Å². The number of carbonyl (C=O) groups excluding carboxylic acids is 4. The van der Waals surface area contributed by atoms with Gasteiger partial charge in [0.05, 0.1) is 36.0 Å². The van der Waals surface area contributed by atoms with E-state index < -0.39 is 28.9 Å². The summed E-state index contributed by atoms with van der Waals surface area (Å²) in [5.41, 5.74) is -1.70. The minimum atomic E-state index is -4.82. The van der Waals surface area contributed by atoms with Gasteiger partial charge in [0.1, 0.15) is 11.6 Å². The number of nitrogens with one attached hydrogen (secondary N) is 2. The van der Waals surface area contributed by atoms with Crippen LogP contribution in [0.4, 0.5) is 24.5 Å². The van der Waals surface area contributed by atoms with Crippen LogP contribution in [0, 0.1) is 17.2 Å². The van der Waals surface area contributed by atoms with E-state index in [1.54, 1.807) is 26.0 Å². The lowest BCUT2D eigenvalue weighted by Gasteiger charge is -2.42. The van der Waals surface area contributed by atoms with E-state index >= 15 is 0 Å². The maximum absolute atomic E-state index is 13.7. The Morgan fingerprint density at radius 3 is 2.34 bits per heavy atom. The van der Waals surface area contributed by atoms with Crippen LogP contribution in [0.5, 0.6) is 0 Å². The van der Waals surface area contributed by atoms with E-state index in [1.807, 2.05) is 17.0 Å². The molecular formula is C40H48F3N7O5S. The number of halogens is 3. The number of pyridine rings is 1. The first-order valence-electron chi connectivity index (χ1n) is 19.2. The van der Waals surface area contributed by atoms with Crippen molar-refractivity contribution in [1.29, 1.82) is 5.26 Å². The zero-order valence-corrected chi connectivity index (χ0v) is 32.8. The number of benzene rings is 1. The number of thiocarbonyl (C=S) groups is 1. The predicted molar refractivity (Wildman–Crippen MR) is 205 cm³/mol. The molecule has 1 saturated carbocycles. The number of amides is 4. The molecule has 4 heterocycles. The first-order valence-corrected chi connectivity index (χ1v) is 19.6. The van der Waals surface area contributed by atoms with Gasteiger partial charge in [-0.1, -0.05) is 12.1 Å². The van der Waals surface area contributed by atoms with Crippen molar-refractivity contribution in [3.05, 3.63) is 53.3 Å². The maximum Gasteiger partial charge on any atom is 0.419 e. The van der Waals surface area contributed by atoms with Gasteiger partial charge in [0.15, 0.2) is 10.8 Å². The van der Waals surface area contributed by atoms with Crippen molar-refractivity contribution >= 4 is 52.3 Å². The topological polar surface area (TPSA) is 148 Å². The number of imide groups is 1. The first-order chi connectivity index (χ1) is 26.5. The summed E-state index contributed by atoms with van der Waals surface area (Å²) < 4.78 is 47.5. The fourth-order valence-electron chi connectivity index (χ4n) is 8.81. The molecule has 3 aliphatic heterocycles. The highest BCUT2D eigenvalue weighted by Gasteiger charge is 2.53. The Labute approximate surface area is 330 Å². The summed E-state index contributed by atoms with van der Waals surface area (Å²) in [6, 6.07) is 9.63. The van der Waals surface area contributed by atoms with Crippen LogP contribution < -0.4 is 15.5 Å². The second kappa shape index (κ2) is 16.6. The van der Waals surface area contributed by atoms with Crippen LogP contribution in [0.1, 0.15) is 108 Å². The zero-order chi connectivity index (χ0) is 40.5. The number of carbonyl (C=O) groups is 4. The van der Waals surface area contributed by atoms with Crippen molar-refractivity contribution in [3.63, 3.8) is 0 Å². The summed E-state index contributed by atoms with van der Waals surface area (Å²) in [5, 5.41) is 14.6. The number of hydrogen-bond acceptors (Lipinski definition) is 9. The SMILES string of the molecule is CC1CC(OCCC2CCC(N3C(=S)N(c4cnc(C#N)c(C(F)(F)F)c4)C(=O)C3(C)C)CC2)CC(C)N1CC(=O)Nc1ccc(C2CCC(=O)NC2=O)cc1. The summed E-state index contributed by atoms with van der Waals surface area (Å²) in [6.07, 6.45) is 2.94. The quantitative estimate of drug-likeness (QED) is 0.215. The molecule has 4 fully saturated rings. The summed E-state index contributed by atoms with van der Waals surface area (Å²) in [7, 11) is 0. The van der Waals surface area contributed by atoms with Gasteiger partial charge >= 0.3 is 6.18 Å². The van der Waals surface area contributed by atoms with E-state index in [-0.39, 0.29) is 65.2 Å². The normalized spacial score (nSPS) is 27.2. The van der Waals surface area contributed by atoms with Crippen molar-refractivity contribution in [1.82, 2.24) is 20.1 Å². The lowest BCUT2D eigenvalue weighted by atomic mass is 9.82. The number of nitriles is 1. The zero-order valence-electron chi connectivity index (χ0n) is 32.0. The lowest BCUT2D eigenvalue weighted by Crippen LogP contribution is -2.51. The van der Waals surface area contributed by atoms with Crippen molar-refractivity contribution in [2.45, 2.75) is 127 Å². The molecule has 4 amide bonds. The third-order valence-electron chi connectivity index (χ3n) is 11.8. The molecule has 4 aliphatic rings. The summed E-state index contributed by atoms with van der Waals surface area (Å²) in [6.45, 7) is 8.54. The Morgan fingerprint density at radius 2 is 1.73 bits per heavy atom. The van der Waals surface area contributed by atoms with Crippen LogP contribution in [0.3, 0.4) is 0 Å². The van der Waals surface area contributed by atoms with Crippen molar-refractivity contribution in [3.8, 4) is 6.07 Å². The maximum atomic E-state index is 13.7. The first kappa shape index (κ1) is 41.2. The van der Waals surface area contributed by atoms with Crippen molar-refractivity contribution < 1.29 is 37.1 Å². The van der Waals surface area contributed by atoms with Gasteiger partial charge in [0.25, 0.3) is 5.91 Å². The third-order valence-corrected chi connectivity index (χ3v) is 12.2. The Bertz CT molecular complexity index is 1880. The third kappa shape index (κ3) is 8.74. The lowest BCUT2D eigenvalue weighted by molar-refractivity contribution is -0.138. The molecule has 3 unspecified atom stereocenters. The molecule has 56 heavy (non-hydrogen) atoms. The van der Waals surface area contributed by atoms with Crippen LogP contribution in [0.25, 0.3) is 0 Å². The molecule has 300 valence electrons. The van der Waals surface area contributed by atoms with Crippen LogP contribution >= 0.6 is 12.2 Å². The molecule has 0 bridgehead atoms. The highest BCUT2D eigenvalue weighted by molar-refractivity contribution is 7.80. The molecule has 2 N–H and O–H groups in total. The van der Waals surface area contributed by atoms with Crippen LogP contribution in [-0.4, -0.2) is 86.4 Å². The minimum Gasteiger partial charge on any atom is -0.378 e. The Hall–Kier alpha value is -4.46. The highest BCUT2D eigenvalue weighted by atomic mass is 32.1. The monoisotopic (exact) mass is 795 g/mol. The summed E-state index contributed by atoms with van der Waals surface area (Å²) >= 11 is 5.72. The number of piperidine rings is 2. The van der Waals surface area contributed by atoms with Crippen LogP contribution in [0.2, 0.25) is 0 Å². The largest absolute Gasteiger partial charge is 0.419 e. The fourth-order valence-corrected chi connectivity index (χ4v) is 9.38. The summed E-state index contributed by atoms with van der Waals surface area (Å²) in [5.74, 6) is -1.07. The number of ether oxygens (including phenoxy) is 1. The fraction of sp³-hybridized carbons (Fsp3) is 0.575. The number of nitrogens with zero attached hydrogens (tertiary/aromatic N) is 5. The molecule has 3 atom stereocenters. The van der Waals surface area contributed by atoms with Gasteiger partial charge in [0.2, 0.25) is 17.7 Å². The van der Waals surface area contributed by atoms with Gasteiger partial charge in [-0.2, -0.15) is 18.4 Å². The van der Waals surface area contributed by atoms with E-state index in [2.05, 4.69) is 34.4 Å². The van der Waals surface area contributed by atoms with Gasteiger partial charge in [-0.3, -0.25) is 34.3 Å². The molecule has 1 aromatic carbocycles. The molecule has 0 spiro atoms. The van der Waals surface area contributed by atoms with Gasteiger partial charge < -0.3 is 15.0 Å². The van der Waals surface area contributed by atoms with Gasteiger partial charge in [0, 0.05) is 36.8 Å². The number of hydrogen-bond donors (Lipinski definition) is 2. The van der Waals surface area contributed by atoms with E-state index in [9.17, 15) is 32.3 Å². The van der Waals surface area contributed by atoms with Crippen LogP contribution in [-0.2, 0) is 30.1 Å². The Kier molecular flexibility index (Phi) is 12.2. The van der Waals surface area contributed by atoms with E-state index in [4.69, 9.17) is 22.2 Å². The Balaban J connectivity index is 0.942.